The Morgan fingerprint density at radius 3 is 2.54 bits per heavy atom. The molecule has 0 spiro atoms. The molecule has 0 radical (unpaired) electrons. The largest absolute Gasteiger partial charge is 0.478 e. The molecule has 3 heteroatoms. The van der Waals surface area contributed by atoms with Gasteiger partial charge < -0.3 is 10.2 Å². The van der Waals surface area contributed by atoms with Crippen molar-refractivity contribution in [2.24, 2.45) is 5.92 Å². The lowest BCUT2D eigenvalue weighted by Crippen LogP contribution is -2.36. The molecule has 0 aliphatic heterocycles. The Morgan fingerprint density at radius 1 is 1.62 bits per heavy atom. The first kappa shape index (κ1) is 10.3. The van der Waals surface area contributed by atoms with Crippen LogP contribution in [0.4, 0.5) is 0 Å². The van der Waals surface area contributed by atoms with Gasteiger partial charge in [-0.3, -0.25) is 0 Å². The molecule has 0 unspecified atom stereocenters. The van der Waals surface area contributed by atoms with Gasteiger partial charge in [0.25, 0.3) is 0 Å². The molecule has 0 fully saturated rings. The van der Waals surface area contributed by atoms with Crippen molar-refractivity contribution < 1.29 is 15.0 Å². The average molecular weight is 184 g/mol. The molecule has 0 bridgehead atoms. The average Bonchev–Trinajstić information content (AvgIpc) is 2.04. The molecular weight excluding hydrogens is 168 g/mol. The van der Waals surface area contributed by atoms with Crippen LogP contribution in [0.25, 0.3) is 0 Å². The normalized spacial score (nSPS) is 28.8. The van der Waals surface area contributed by atoms with Crippen LogP contribution in [0.3, 0.4) is 0 Å². The summed E-state index contributed by atoms with van der Waals surface area (Å²) in [7, 11) is 0. The van der Waals surface area contributed by atoms with Crippen molar-refractivity contribution in [1.82, 2.24) is 0 Å². The fourth-order valence-corrected chi connectivity index (χ4v) is 1.57. The summed E-state index contributed by atoms with van der Waals surface area (Å²) in [5.74, 6) is -0.676. The molecular formula is C10H16O3. The van der Waals surface area contributed by atoms with E-state index >= 15 is 0 Å². The summed E-state index contributed by atoms with van der Waals surface area (Å²) in [6.45, 7) is 3.92. The number of hydrogen-bond donors (Lipinski definition) is 2. The second-order valence-corrected chi connectivity index (χ2v) is 4.00. The predicted molar refractivity (Wildman–Crippen MR) is 49.4 cm³/mol. The smallest absolute Gasteiger partial charge is 0.331 e. The third kappa shape index (κ3) is 2.10. The molecule has 0 aromatic heterocycles. The first-order valence-electron chi connectivity index (χ1n) is 4.60. The summed E-state index contributed by atoms with van der Waals surface area (Å²) < 4.78 is 0. The molecule has 0 saturated carbocycles. The Hall–Kier alpha value is -0.830. The molecule has 2 N–H and O–H groups in total. The monoisotopic (exact) mass is 184 g/mol. The molecule has 0 amide bonds. The minimum absolute atomic E-state index is 0.180. The van der Waals surface area contributed by atoms with Crippen molar-refractivity contribution in [3.8, 4) is 0 Å². The zero-order valence-corrected chi connectivity index (χ0v) is 8.08. The highest BCUT2D eigenvalue weighted by atomic mass is 16.4. The molecule has 1 atom stereocenters. The SMILES string of the molecule is CC(C)[C@]1(O)CC=C(C(=O)O)CC1. The van der Waals surface area contributed by atoms with Crippen molar-refractivity contribution in [1.29, 1.82) is 0 Å². The van der Waals surface area contributed by atoms with E-state index in [1.807, 2.05) is 13.8 Å². The van der Waals surface area contributed by atoms with E-state index < -0.39 is 11.6 Å². The van der Waals surface area contributed by atoms with E-state index in [9.17, 15) is 9.90 Å². The van der Waals surface area contributed by atoms with Gasteiger partial charge in [0, 0.05) is 5.57 Å². The van der Waals surface area contributed by atoms with E-state index in [0.29, 0.717) is 24.8 Å². The lowest BCUT2D eigenvalue weighted by Gasteiger charge is -2.34. The van der Waals surface area contributed by atoms with Crippen LogP contribution >= 0.6 is 0 Å². The van der Waals surface area contributed by atoms with E-state index in [-0.39, 0.29) is 5.92 Å². The standard InChI is InChI=1S/C10H16O3/c1-7(2)10(13)5-3-8(4-6-10)9(11)12/h3,7,13H,4-6H2,1-2H3,(H,11,12)/t10-/m0/s1. The second-order valence-electron chi connectivity index (χ2n) is 4.00. The topological polar surface area (TPSA) is 57.5 Å². The van der Waals surface area contributed by atoms with Crippen molar-refractivity contribution in [2.75, 3.05) is 0 Å². The minimum Gasteiger partial charge on any atom is -0.478 e. The van der Waals surface area contributed by atoms with Gasteiger partial charge in [0.05, 0.1) is 5.60 Å². The van der Waals surface area contributed by atoms with E-state index in [2.05, 4.69) is 0 Å². The third-order valence-electron chi connectivity index (χ3n) is 2.88. The van der Waals surface area contributed by atoms with E-state index in [0.717, 1.165) is 0 Å². The third-order valence-corrected chi connectivity index (χ3v) is 2.88. The highest BCUT2D eigenvalue weighted by Crippen LogP contribution is 2.33. The molecule has 0 heterocycles. The van der Waals surface area contributed by atoms with Crippen LogP contribution in [0.1, 0.15) is 33.1 Å². The molecule has 0 aromatic rings. The molecule has 74 valence electrons. The second kappa shape index (κ2) is 3.50. The van der Waals surface area contributed by atoms with Gasteiger partial charge in [0.15, 0.2) is 0 Å². The number of rotatable bonds is 2. The molecule has 13 heavy (non-hydrogen) atoms. The first-order valence-corrected chi connectivity index (χ1v) is 4.60. The Bertz CT molecular complexity index is 243. The predicted octanol–water partition coefficient (Wildman–Crippen LogP) is 1.57. The molecule has 3 nitrogen and oxygen atoms in total. The molecule has 1 aliphatic carbocycles. The van der Waals surface area contributed by atoms with Gasteiger partial charge in [-0.2, -0.15) is 0 Å². The maximum atomic E-state index is 10.6. The summed E-state index contributed by atoms with van der Waals surface area (Å²) in [6, 6.07) is 0. The van der Waals surface area contributed by atoms with E-state index in [1.165, 1.54) is 0 Å². The van der Waals surface area contributed by atoms with E-state index in [4.69, 9.17) is 5.11 Å². The summed E-state index contributed by atoms with van der Waals surface area (Å²) in [4.78, 5) is 10.6. The molecule has 1 aliphatic rings. The summed E-state index contributed by atoms with van der Waals surface area (Å²) >= 11 is 0. The van der Waals surface area contributed by atoms with Gasteiger partial charge >= 0.3 is 5.97 Å². The highest BCUT2D eigenvalue weighted by molar-refractivity contribution is 5.86. The minimum atomic E-state index is -0.856. The number of carbonyl (C=O) groups is 1. The number of carboxylic acids is 1. The van der Waals surface area contributed by atoms with Crippen LogP contribution < -0.4 is 0 Å². The maximum Gasteiger partial charge on any atom is 0.331 e. The van der Waals surface area contributed by atoms with Crippen molar-refractivity contribution in [2.45, 2.75) is 38.7 Å². The van der Waals surface area contributed by atoms with Crippen LogP contribution in [-0.2, 0) is 4.79 Å². The van der Waals surface area contributed by atoms with Gasteiger partial charge in [0.1, 0.15) is 0 Å². The summed E-state index contributed by atoms with van der Waals surface area (Å²) in [6.07, 6.45) is 3.14. The molecule has 0 aromatic carbocycles. The van der Waals surface area contributed by atoms with Crippen LogP contribution in [0.5, 0.6) is 0 Å². The van der Waals surface area contributed by atoms with Crippen LogP contribution in [0.15, 0.2) is 11.6 Å². The van der Waals surface area contributed by atoms with Gasteiger partial charge in [0.2, 0.25) is 0 Å². The van der Waals surface area contributed by atoms with Gasteiger partial charge in [-0.25, -0.2) is 4.79 Å². The van der Waals surface area contributed by atoms with Gasteiger partial charge in [-0.1, -0.05) is 19.9 Å². The number of aliphatic carboxylic acids is 1. The Kier molecular flexibility index (Phi) is 2.76. The van der Waals surface area contributed by atoms with Gasteiger partial charge in [-0.05, 0) is 25.2 Å². The maximum absolute atomic E-state index is 10.6. The fraction of sp³-hybridized carbons (Fsp3) is 0.700. The van der Waals surface area contributed by atoms with Crippen molar-refractivity contribution in [3.05, 3.63) is 11.6 Å². The summed E-state index contributed by atoms with van der Waals surface area (Å²) in [5, 5.41) is 18.7. The Balaban J connectivity index is 2.70. The fourth-order valence-electron chi connectivity index (χ4n) is 1.57. The van der Waals surface area contributed by atoms with E-state index in [1.54, 1.807) is 6.08 Å². The van der Waals surface area contributed by atoms with Crippen LogP contribution in [0, 0.1) is 5.92 Å². The number of aliphatic hydroxyl groups is 1. The van der Waals surface area contributed by atoms with Gasteiger partial charge in [-0.15, -0.1) is 0 Å². The lowest BCUT2D eigenvalue weighted by molar-refractivity contribution is -0.133. The van der Waals surface area contributed by atoms with Crippen molar-refractivity contribution in [3.63, 3.8) is 0 Å². The first-order chi connectivity index (χ1) is 5.96. The summed E-state index contributed by atoms with van der Waals surface area (Å²) in [5.41, 5.74) is -0.260. The van der Waals surface area contributed by atoms with Crippen LogP contribution in [0.2, 0.25) is 0 Å². The van der Waals surface area contributed by atoms with Crippen molar-refractivity contribution >= 4 is 5.97 Å². The van der Waals surface area contributed by atoms with Crippen LogP contribution in [-0.4, -0.2) is 21.8 Å². The Morgan fingerprint density at radius 2 is 2.23 bits per heavy atom. The zero-order valence-electron chi connectivity index (χ0n) is 8.08. The highest BCUT2D eigenvalue weighted by Gasteiger charge is 2.33. The molecule has 0 saturated heterocycles. The Labute approximate surface area is 78.1 Å². The molecule has 1 rings (SSSR count). The number of carboxylic acid groups (broad SMARTS) is 1. The quantitative estimate of drug-likeness (QED) is 0.684. The lowest BCUT2D eigenvalue weighted by atomic mass is 9.78. The number of hydrogen-bond acceptors (Lipinski definition) is 2. The zero-order chi connectivity index (χ0) is 10.1.